The maximum atomic E-state index is 11.6. The number of carbonyl (C=O) groups is 1. The summed E-state index contributed by atoms with van der Waals surface area (Å²) < 4.78 is 0. The number of halogens is 1. The van der Waals surface area contributed by atoms with Crippen molar-refractivity contribution < 1.29 is 4.79 Å². The first-order chi connectivity index (χ1) is 8.65. The van der Waals surface area contributed by atoms with E-state index in [-0.39, 0.29) is 11.9 Å². The van der Waals surface area contributed by atoms with E-state index in [1.165, 1.54) is 6.08 Å². The van der Waals surface area contributed by atoms with E-state index in [1.54, 1.807) is 18.2 Å². The fraction of sp³-hybridized carbons (Fsp3) is 0.267. The zero-order chi connectivity index (χ0) is 13.4. The zero-order valence-corrected chi connectivity index (χ0v) is 11.1. The van der Waals surface area contributed by atoms with E-state index < -0.39 is 0 Å². The van der Waals surface area contributed by atoms with Gasteiger partial charge >= 0.3 is 0 Å². The highest BCUT2D eigenvalue weighted by molar-refractivity contribution is 6.30. The molecule has 3 heteroatoms. The minimum atomic E-state index is -0.197. The van der Waals surface area contributed by atoms with Crippen LogP contribution in [0.3, 0.4) is 0 Å². The molecule has 0 fully saturated rings. The summed E-state index contributed by atoms with van der Waals surface area (Å²) in [5.74, 6) is 2.38. The fourth-order valence-electron chi connectivity index (χ4n) is 1.45. The lowest BCUT2D eigenvalue weighted by Gasteiger charge is -2.09. The first-order valence-electron chi connectivity index (χ1n) is 5.86. The summed E-state index contributed by atoms with van der Waals surface area (Å²) in [6, 6.07) is 7.05. The zero-order valence-electron chi connectivity index (χ0n) is 10.3. The van der Waals surface area contributed by atoms with Crippen LogP contribution in [0.4, 0.5) is 0 Å². The lowest BCUT2D eigenvalue weighted by atomic mass is 10.1. The molecule has 0 saturated heterocycles. The molecular formula is C15H16ClNO. The molecule has 0 bridgehead atoms. The highest BCUT2D eigenvalue weighted by atomic mass is 35.5. The molecule has 1 unspecified atom stereocenters. The molecule has 1 aromatic carbocycles. The number of hydrogen-bond acceptors (Lipinski definition) is 1. The van der Waals surface area contributed by atoms with Gasteiger partial charge < -0.3 is 5.32 Å². The molecule has 0 aliphatic heterocycles. The summed E-state index contributed by atoms with van der Waals surface area (Å²) in [4.78, 5) is 11.6. The average Bonchev–Trinajstić information content (AvgIpc) is 2.37. The van der Waals surface area contributed by atoms with Gasteiger partial charge in [-0.3, -0.25) is 4.79 Å². The van der Waals surface area contributed by atoms with Crippen LogP contribution in [0.25, 0.3) is 6.08 Å². The van der Waals surface area contributed by atoms with Crippen LogP contribution >= 0.6 is 11.6 Å². The van der Waals surface area contributed by atoms with Gasteiger partial charge in [0.05, 0.1) is 6.04 Å². The Bertz CT molecular complexity index is 456. The predicted octanol–water partition coefficient (Wildman–Crippen LogP) is 3.27. The Hall–Kier alpha value is -1.72. The Morgan fingerprint density at radius 3 is 2.72 bits per heavy atom. The minimum Gasteiger partial charge on any atom is -0.339 e. The smallest absolute Gasteiger partial charge is 0.244 e. The Morgan fingerprint density at radius 1 is 1.50 bits per heavy atom. The number of nitrogens with one attached hydrogen (secondary N) is 1. The molecule has 1 rings (SSSR count). The molecule has 0 aliphatic carbocycles. The van der Waals surface area contributed by atoms with Crippen LogP contribution in [0.5, 0.6) is 0 Å². The number of terminal acetylenes is 1. The summed E-state index contributed by atoms with van der Waals surface area (Å²) in [6.07, 6.45) is 10.3. The van der Waals surface area contributed by atoms with E-state index in [2.05, 4.69) is 11.2 Å². The molecule has 0 aliphatic rings. The van der Waals surface area contributed by atoms with Crippen LogP contribution in [-0.4, -0.2) is 11.9 Å². The Labute approximate surface area is 113 Å². The van der Waals surface area contributed by atoms with Crippen molar-refractivity contribution in [3.63, 3.8) is 0 Å². The van der Waals surface area contributed by atoms with Crippen molar-refractivity contribution in [2.45, 2.75) is 25.8 Å². The number of carbonyl (C=O) groups excluding carboxylic acids is 1. The third-order valence-electron chi connectivity index (χ3n) is 2.39. The van der Waals surface area contributed by atoms with Crippen LogP contribution in [0.2, 0.25) is 5.02 Å². The molecule has 1 aromatic rings. The van der Waals surface area contributed by atoms with Gasteiger partial charge in [0.25, 0.3) is 0 Å². The third-order valence-corrected chi connectivity index (χ3v) is 2.64. The molecule has 1 N–H and O–H groups in total. The molecule has 18 heavy (non-hydrogen) atoms. The van der Waals surface area contributed by atoms with E-state index in [0.29, 0.717) is 5.02 Å². The molecular weight excluding hydrogens is 246 g/mol. The SMILES string of the molecule is C#CC(CCC)NC(=O)/C=C/c1ccc(Cl)cc1. The van der Waals surface area contributed by atoms with Gasteiger partial charge in [0, 0.05) is 11.1 Å². The Morgan fingerprint density at radius 2 is 2.17 bits per heavy atom. The summed E-state index contributed by atoms with van der Waals surface area (Å²) in [6.45, 7) is 2.03. The van der Waals surface area contributed by atoms with Crippen molar-refractivity contribution in [1.82, 2.24) is 5.32 Å². The summed E-state index contributed by atoms with van der Waals surface area (Å²) in [5.41, 5.74) is 0.919. The average molecular weight is 262 g/mol. The van der Waals surface area contributed by atoms with E-state index >= 15 is 0 Å². The first kappa shape index (κ1) is 14.3. The van der Waals surface area contributed by atoms with E-state index in [0.717, 1.165) is 18.4 Å². The van der Waals surface area contributed by atoms with Crippen molar-refractivity contribution in [3.05, 3.63) is 40.9 Å². The number of hydrogen-bond donors (Lipinski definition) is 1. The predicted molar refractivity (Wildman–Crippen MR) is 76.2 cm³/mol. The van der Waals surface area contributed by atoms with Crippen LogP contribution in [0, 0.1) is 12.3 Å². The van der Waals surface area contributed by atoms with Crippen LogP contribution in [0.1, 0.15) is 25.3 Å². The van der Waals surface area contributed by atoms with Gasteiger partial charge in [-0.05, 0) is 30.2 Å². The normalized spacial score (nSPS) is 12.1. The summed E-state index contributed by atoms with van der Waals surface area (Å²) in [7, 11) is 0. The largest absolute Gasteiger partial charge is 0.339 e. The Kier molecular flexibility index (Phi) is 6.04. The van der Waals surface area contributed by atoms with Gasteiger partial charge in [-0.25, -0.2) is 0 Å². The molecule has 1 atom stereocenters. The van der Waals surface area contributed by atoms with Gasteiger partial charge in [0.1, 0.15) is 0 Å². The second-order valence-electron chi connectivity index (χ2n) is 3.90. The Balaban J connectivity index is 2.54. The van der Waals surface area contributed by atoms with Gasteiger partial charge in [0.15, 0.2) is 0 Å². The topological polar surface area (TPSA) is 29.1 Å². The number of rotatable bonds is 5. The number of amides is 1. The highest BCUT2D eigenvalue weighted by Crippen LogP contribution is 2.10. The fourth-order valence-corrected chi connectivity index (χ4v) is 1.58. The summed E-state index contributed by atoms with van der Waals surface area (Å²) >= 11 is 5.77. The molecule has 1 amide bonds. The van der Waals surface area contributed by atoms with E-state index in [4.69, 9.17) is 18.0 Å². The molecule has 0 spiro atoms. The van der Waals surface area contributed by atoms with Crippen molar-refractivity contribution in [3.8, 4) is 12.3 Å². The van der Waals surface area contributed by atoms with Gasteiger partial charge in [-0.2, -0.15) is 0 Å². The van der Waals surface area contributed by atoms with Crippen molar-refractivity contribution in [2.75, 3.05) is 0 Å². The molecule has 0 aromatic heterocycles. The van der Waals surface area contributed by atoms with Crippen LogP contribution in [-0.2, 0) is 4.79 Å². The van der Waals surface area contributed by atoms with Crippen molar-refractivity contribution in [2.24, 2.45) is 0 Å². The lowest BCUT2D eigenvalue weighted by molar-refractivity contribution is -0.116. The molecule has 0 radical (unpaired) electrons. The number of benzene rings is 1. The van der Waals surface area contributed by atoms with Crippen LogP contribution in [0.15, 0.2) is 30.3 Å². The second kappa shape index (κ2) is 7.58. The maximum Gasteiger partial charge on any atom is 0.244 e. The van der Waals surface area contributed by atoms with E-state index in [1.807, 2.05) is 19.1 Å². The highest BCUT2D eigenvalue weighted by Gasteiger charge is 2.05. The first-order valence-corrected chi connectivity index (χ1v) is 6.23. The lowest BCUT2D eigenvalue weighted by Crippen LogP contribution is -2.32. The molecule has 0 heterocycles. The monoisotopic (exact) mass is 261 g/mol. The van der Waals surface area contributed by atoms with Crippen LogP contribution < -0.4 is 5.32 Å². The maximum absolute atomic E-state index is 11.6. The molecule has 94 valence electrons. The van der Waals surface area contributed by atoms with Crippen molar-refractivity contribution in [1.29, 1.82) is 0 Å². The summed E-state index contributed by atoms with van der Waals surface area (Å²) in [5, 5.41) is 3.43. The van der Waals surface area contributed by atoms with Gasteiger partial charge in [0.2, 0.25) is 5.91 Å². The van der Waals surface area contributed by atoms with Gasteiger partial charge in [-0.1, -0.05) is 43.0 Å². The van der Waals surface area contributed by atoms with E-state index in [9.17, 15) is 4.79 Å². The molecule has 0 saturated carbocycles. The standard InChI is InChI=1S/C15H16ClNO/c1-3-5-14(4-2)17-15(18)11-8-12-6-9-13(16)10-7-12/h2,6-11,14H,3,5H2,1H3,(H,17,18)/b11-8+. The quantitative estimate of drug-likeness (QED) is 0.640. The van der Waals surface area contributed by atoms with Crippen molar-refractivity contribution >= 4 is 23.6 Å². The second-order valence-corrected chi connectivity index (χ2v) is 4.34. The minimum absolute atomic E-state index is 0.179. The van der Waals surface area contributed by atoms with Gasteiger partial charge in [-0.15, -0.1) is 6.42 Å². The third kappa shape index (κ3) is 5.07. The molecule has 2 nitrogen and oxygen atoms in total.